The molecule has 0 saturated carbocycles. The Bertz CT molecular complexity index is 772. The quantitative estimate of drug-likeness (QED) is 0.723. The average Bonchev–Trinajstić information content (AvgIpc) is 2.91. The third-order valence-electron chi connectivity index (χ3n) is 2.73. The highest BCUT2D eigenvalue weighted by Gasteiger charge is 2.08. The van der Waals surface area contributed by atoms with Gasteiger partial charge in [-0.05, 0) is 40.2 Å². The summed E-state index contributed by atoms with van der Waals surface area (Å²) >= 11 is 4.69. The van der Waals surface area contributed by atoms with Crippen molar-refractivity contribution in [1.82, 2.24) is 14.4 Å². The number of pyridine rings is 2. The number of carbonyl (C=O) groups is 1. The van der Waals surface area contributed by atoms with Crippen LogP contribution in [0.4, 0.5) is 5.82 Å². The van der Waals surface area contributed by atoms with Crippen LogP contribution in [0.25, 0.3) is 5.52 Å². The summed E-state index contributed by atoms with van der Waals surface area (Å²) in [5.41, 5.74) is 1.01. The van der Waals surface area contributed by atoms with E-state index in [1.54, 1.807) is 18.5 Å². The number of aromatic nitrogens is 3. The van der Waals surface area contributed by atoms with E-state index in [9.17, 15) is 4.79 Å². The SMILES string of the molecule is O=C(CSc1ncc2ccccn12)Nc1ccc(Br)cn1. The molecule has 0 aliphatic heterocycles. The normalized spacial score (nSPS) is 10.7. The van der Waals surface area contributed by atoms with Crippen LogP contribution in [0.3, 0.4) is 0 Å². The van der Waals surface area contributed by atoms with E-state index in [0.29, 0.717) is 5.82 Å². The van der Waals surface area contributed by atoms with Gasteiger partial charge in [0.05, 0.1) is 17.5 Å². The van der Waals surface area contributed by atoms with Crippen molar-refractivity contribution in [1.29, 1.82) is 0 Å². The zero-order valence-corrected chi connectivity index (χ0v) is 13.3. The maximum atomic E-state index is 11.9. The second-order valence-corrected chi connectivity index (χ2v) is 6.09. The molecule has 0 saturated heterocycles. The van der Waals surface area contributed by atoms with Crippen LogP contribution in [0.1, 0.15) is 0 Å². The molecule has 1 N–H and O–H groups in total. The van der Waals surface area contributed by atoms with Crippen LogP contribution in [0.5, 0.6) is 0 Å². The van der Waals surface area contributed by atoms with E-state index < -0.39 is 0 Å². The van der Waals surface area contributed by atoms with Gasteiger partial charge in [0, 0.05) is 16.9 Å². The topological polar surface area (TPSA) is 59.3 Å². The number of halogens is 1. The van der Waals surface area contributed by atoms with Crippen LogP contribution in [-0.2, 0) is 4.79 Å². The highest BCUT2D eigenvalue weighted by molar-refractivity contribution is 9.10. The summed E-state index contributed by atoms with van der Waals surface area (Å²) in [7, 11) is 0. The molecule has 0 aliphatic carbocycles. The maximum absolute atomic E-state index is 11.9. The molecule has 1 amide bonds. The standard InChI is InChI=1S/C14H11BrN4OS/c15-10-4-5-12(16-7-10)18-13(20)9-21-14-17-8-11-3-1-2-6-19(11)14/h1-8H,9H2,(H,16,18,20). The fourth-order valence-corrected chi connectivity index (χ4v) is 2.78. The largest absolute Gasteiger partial charge is 0.310 e. The lowest BCUT2D eigenvalue weighted by atomic mass is 10.4. The number of hydrogen-bond donors (Lipinski definition) is 1. The van der Waals surface area contributed by atoms with E-state index >= 15 is 0 Å². The first-order valence-electron chi connectivity index (χ1n) is 6.19. The van der Waals surface area contributed by atoms with Gasteiger partial charge in [0.15, 0.2) is 5.16 Å². The molecule has 0 unspecified atom stereocenters. The highest BCUT2D eigenvalue weighted by Crippen LogP contribution is 2.18. The van der Waals surface area contributed by atoms with E-state index in [1.807, 2.05) is 34.9 Å². The predicted molar refractivity (Wildman–Crippen MR) is 86.5 cm³/mol. The van der Waals surface area contributed by atoms with Gasteiger partial charge in [-0.3, -0.25) is 9.20 Å². The van der Waals surface area contributed by atoms with Gasteiger partial charge in [0.1, 0.15) is 5.82 Å². The molecule has 106 valence electrons. The zero-order valence-electron chi connectivity index (χ0n) is 10.9. The Morgan fingerprint density at radius 1 is 1.24 bits per heavy atom. The Kier molecular flexibility index (Phi) is 4.21. The van der Waals surface area contributed by atoms with Crippen molar-refractivity contribution < 1.29 is 4.79 Å². The van der Waals surface area contributed by atoms with Crippen LogP contribution in [0.2, 0.25) is 0 Å². The lowest BCUT2D eigenvalue weighted by molar-refractivity contribution is -0.113. The molecular weight excluding hydrogens is 352 g/mol. The maximum Gasteiger partial charge on any atom is 0.236 e. The fourth-order valence-electron chi connectivity index (χ4n) is 1.78. The number of hydrogen-bond acceptors (Lipinski definition) is 4. The molecule has 0 aromatic carbocycles. The van der Waals surface area contributed by atoms with Gasteiger partial charge in [0.25, 0.3) is 0 Å². The van der Waals surface area contributed by atoms with Gasteiger partial charge in [-0.15, -0.1) is 0 Å². The number of carbonyl (C=O) groups excluding carboxylic acids is 1. The number of amides is 1. The number of imidazole rings is 1. The molecule has 3 aromatic rings. The Morgan fingerprint density at radius 3 is 2.95 bits per heavy atom. The second-order valence-electron chi connectivity index (χ2n) is 4.23. The van der Waals surface area contributed by atoms with E-state index in [1.165, 1.54) is 11.8 Å². The molecule has 21 heavy (non-hydrogen) atoms. The van der Waals surface area contributed by atoms with Gasteiger partial charge >= 0.3 is 0 Å². The van der Waals surface area contributed by atoms with Crippen molar-refractivity contribution in [2.75, 3.05) is 11.1 Å². The van der Waals surface area contributed by atoms with E-state index in [2.05, 4.69) is 31.2 Å². The Morgan fingerprint density at radius 2 is 2.14 bits per heavy atom. The Labute approximate surface area is 133 Å². The zero-order chi connectivity index (χ0) is 14.7. The lowest BCUT2D eigenvalue weighted by Gasteiger charge is -2.04. The van der Waals surface area contributed by atoms with Crippen molar-refractivity contribution in [3.63, 3.8) is 0 Å². The highest BCUT2D eigenvalue weighted by atomic mass is 79.9. The monoisotopic (exact) mass is 362 g/mol. The lowest BCUT2D eigenvalue weighted by Crippen LogP contribution is -2.15. The first-order chi connectivity index (χ1) is 10.2. The molecule has 3 heterocycles. The summed E-state index contributed by atoms with van der Waals surface area (Å²) < 4.78 is 2.83. The fraction of sp³-hybridized carbons (Fsp3) is 0.0714. The first kappa shape index (κ1) is 14.1. The van der Waals surface area contributed by atoms with Crippen molar-refractivity contribution >= 4 is 44.9 Å². The Balaban J connectivity index is 1.62. The van der Waals surface area contributed by atoms with Crippen LogP contribution in [0.15, 0.2) is 58.6 Å². The van der Waals surface area contributed by atoms with Crippen LogP contribution >= 0.6 is 27.7 Å². The summed E-state index contributed by atoms with van der Waals surface area (Å²) in [6.07, 6.45) is 5.36. The number of thioether (sulfide) groups is 1. The molecule has 0 fully saturated rings. The van der Waals surface area contributed by atoms with E-state index in [-0.39, 0.29) is 11.7 Å². The number of nitrogens with zero attached hydrogens (tertiary/aromatic N) is 3. The van der Waals surface area contributed by atoms with Gasteiger partial charge in [-0.25, -0.2) is 9.97 Å². The van der Waals surface area contributed by atoms with Gasteiger partial charge in [-0.2, -0.15) is 0 Å². The molecule has 7 heteroatoms. The van der Waals surface area contributed by atoms with E-state index in [0.717, 1.165) is 15.1 Å². The molecule has 0 radical (unpaired) electrons. The van der Waals surface area contributed by atoms with Crippen LogP contribution in [-0.4, -0.2) is 26.0 Å². The summed E-state index contributed by atoms with van der Waals surface area (Å²) in [6.45, 7) is 0. The van der Waals surface area contributed by atoms with Gasteiger partial charge < -0.3 is 5.32 Å². The molecule has 5 nitrogen and oxygen atoms in total. The molecule has 3 rings (SSSR count). The van der Waals surface area contributed by atoms with Crippen molar-refractivity contribution in [3.8, 4) is 0 Å². The summed E-state index contributed by atoms with van der Waals surface area (Å²) in [6, 6.07) is 9.44. The van der Waals surface area contributed by atoms with Crippen molar-refractivity contribution in [2.24, 2.45) is 0 Å². The van der Waals surface area contributed by atoms with Crippen LogP contribution < -0.4 is 5.32 Å². The smallest absolute Gasteiger partial charge is 0.236 e. The molecule has 3 aromatic heterocycles. The summed E-state index contributed by atoms with van der Waals surface area (Å²) in [5.74, 6) is 0.713. The molecule has 0 bridgehead atoms. The molecule has 0 spiro atoms. The summed E-state index contributed by atoms with van der Waals surface area (Å²) in [5, 5.41) is 3.55. The third-order valence-corrected chi connectivity index (χ3v) is 4.17. The molecular formula is C14H11BrN4OS. The van der Waals surface area contributed by atoms with Crippen LogP contribution in [0, 0.1) is 0 Å². The minimum atomic E-state index is -0.109. The molecule has 0 atom stereocenters. The minimum absolute atomic E-state index is 0.109. The first-order valence-corrected chi connectivity index (χ1v) is 7.96. The summed E-state index contributed by atoms with van der Waals surface area (Å²) in [4.78, 5) is 20.3. The second kappa shape index (κ2) is 6.28. The number of fused-ring (bicyclic) bond motifs is 1. The van der Waals surface area contributed by atoms with Crippen molar-refractivity contribution in [3.05, 3.63) is 53.4 Å². The molecule has 0 aliphatic rings. The Hall–Kier alpha value is -1.86. The van der Waals surface area contributed by atoms with Gasteiger partial charge in [0.2, 0.25) is 5.91 Å². The minimum Gasteiger partial charge on any atom is -0.310 e. The van der Waals surface area contributed by atoms with E-state index in [4.69, 9.17) is 0 Å². The van der Waals surface area contributed by atoms with Crippen molar-refractivity contribution in [2.45, 2.75) is 5.16 Å². The van der Waals surface area contributed by atoms with Gasteiger partial charge in [-0.1, -0.05) is 17.8 Å². The number of anilines is 1. The number of nitrogens with one attached hydrogen (secondary N) is 1. The average molecular weight is 363 g/mol. The predicted octanol–water partition coefficient (Wildman–Crippen LogP) is 3.22. The number of rotatable bonds is 4. The third kappa shape index (κ3) is 3.43.